The van der Waals surface area contributed by atoms with Crippen molar-refractivity contribution in [1.29, 1.82) is 0 Å². The van der Waals surface area contributed by atoms with Gasteiger partial charge in [0.2, 0.25) is 5.91 Å². The van der Waals surface area contributed by atoms with Crippen molar-refractivity contribution in [2.75, 3.05) is 19.3 Å². The predicted molar refractivity (Wildman–Crippen MR) is 80.2 cm³/mol. The van der Waals surface area contributed by atoms with Gasteiger partial charge in [-0.3, -0.25) is 9.36 Å². The topological polar surface area (TPSA) is 34.0 Å². The van der Waals surface area contributed by atoms with Crippen molar-refractivity contribution < 1.29 is 4.79 Å². The molecule has 0 fully saturated rings. The summed E-state index contributed by atoms with van der Waals surface area (Å²) in [6, 6.07) is 8.25. The molecule has 2 heterocycles. The van der Waals surface area contributed by atoms with Gasteiger partial charge < -0.3 is 5.32 Å². The maximum Gasteiger partial charge on any atom is 0.228 e. The number of nitrogens with one attached hydrogen (secondary N) is 1. The van der Waals surface area contributed by atoms with Gasteiger partial charge in [0.1, 0.15) is 0 Å². The molecule has 4 heteroatoms. The predicted octanol–water partition coefficient (Wildman–Crippen LogP) is 3.10. The molecule has 2 aromatic rings. The van der Waals surface area contributed by atoms with Crippen LogP contribution in [-0.2, 0) is 0 Å². The summed E-state index contributed by atoms with van der Waals surface area (Å²) in [7, 11) is 1.99. The monoisotopic (exact) mass is 274 g/mol. The van der Waals surface area contributed by atoms with E-state index < -0.39 is 0 Å². The largest absolute Gasteiger partial charge is 0.319 e. The zero-order chi connectivity index (χ0) is 13.4. The van der Waals surface area contributed by atoms with E-state index in [2.05, 4.69) is 17.4 Å². The Bertz CT molecular complexity index is 632. The number of carbonyl (C=O) groups excluding carboxylic acids is 1. The number of carbonyl (C=O) groups is 1. The van der Waals surface area contributed by atoms with Crippen molar-refractivity contribution >= 4 is 28.6 Å². The molecule has 0 radical (unpaired) electrons. The third-order valence-corrected chi connectivity index (χ3v) is 4.86. The summed E-state index contributed by atoms with van der Waals surface area (Å²) in [6.07, 6.45) is 1.17. The van der Waals surface area contributed by atoms with E-state index in [0.29, 0.717) is 5.92 Å². The fourth-order valence-electron chi connectivity index (χ4n) is 2.98. The Morgan fingerprint density at radius 3 is 3.00 bits per heavy atom. The average Bonchev–Trinajstić information content (AvgIpc) is 2.74. The Kier molecular flexibility index (Phi) is 3.37. The maximum atomic E-state index is 12.0. The van der Waals surface area contributed by atoms with E-state index in [1.807, 2.05) is 35.5 Å². The van der Waals surface area contributed by atoms with Gasteiger partial charge in [0, 0.05) is 30.5 Å². The molecule has 0 amide bonds. The zero-order valence-corrected chi connectivity index (χ0v) is 12.1. The lowest BCUT2D eigenvalue weighted by Gasteiger charge is -2.23. The molecule has 3 nitrogen and oxygen atoms in total. The minimum absolute atomic E-state index is 0.107. The summed E-state index contributed by atoms with van der Waals surface area (Å²) in [5.74, 6) is 1.70. The SMILES string of the molecule is CNCC1CCSc2c1c1ccccc1n2C(C)=O. The highest BCUT2D eigenvalue weighted by Gasteiger charge is 2.28. The maximum absolute atomic E-state index is 12.0. The van der Waals surface area contributed by atoms with Crippen LogP contribution in [0, 0.1) is 0 Å². The van der Waals surface area contributed by atoms with Gasteiger partial charge >= 0.3 is 0 Å². The average molecular weight is 274 g/mol. The van der Waals surface area contributed by atoms with Crippen LogP contribution in [-0.4, -0.2) is 29.8 Å². The highest BCUT2D eigenvalue weighted by atomic mass is 32.2. The number of para-hydroxylation sites is 1. The van der Waals surface area contributed by atoms with Gasteiger partial charge in [0.15, 0.2) is 0 Å². The lowest BCUT2D eigenvalue weighted by atomic mass is 9.95. The van der Waals surface area contributed by atoms with Gasteiger partial charge in [-0.15, -0.1) is 11.8 Å². The second kappa shape index (κ2) is 5.02. The van der Waals surface area contributed by atoms with E-state index in [9.17, 15) is 4.79 Å². The number of hydrogen-bond acceptors (Lipinski definition) is 3. The van der Waals surface area contributed by atoms with E-state index in [1.54, 1.807) is 6.92 Å². The molecule has 1 aromatic heterocycles. The third-order valence-electron chi connectivity index (χ3n) is 3.75. The van der Waals surface area contributed by atoms with E-state index >= 15 is 0 Å². The molecule has 100 valence electrons. The first-order valence-electron chi connectivity index (χ1n) is 6.65. The lowest BCUT2D eigenvalue weighted by molar-refractivity contribution is 0.0932. The zero-order valence-electron chi connectivity index (χ0n) is 11.3. The van der Waals surface area contributed by atoms with Gasteiger partial charge in [-0.05, 0) is 25.1 Å². The van der Waals surface area contributed by atoms with Gasteiger partial charge in [0.25, 0.3) is 0 Å². The van der Waals surface area contributed by atoms with Crippen LogP contribution in [0.15, 0.2) is 29.3 Å². The lowest BCUT2D eigenvalue weighted by Crippen LogP contribution is -2.21. The summed E-state index contributed by atoms with van der Waals surface area (Å²) in [5, 5.41) is 5.67. The molecule has 0 aliphatic carbocycles. The number of aromatic nitrogens is 1. The minimum Gasteiger partial charge on any atom is -0.319 e. The highest BCUT2D eigenvalue weighted by Crippen LogP contribution is 2.43. The van der Waals surface area contributed by atoms with Crippen LogP contribution < -0.4 is 5.32 Å². The second-order valence-corrected chi connectivity index (χ2v) is 6.07. The van der Waals surface area contributed by atoms with Gasteiger partial charge in [-0.2, -0.15) is 0 Å². The molecule has 1 aliphatic heterocycles. The molecule has 1 aromatic carbocycles. The number of nitrogens with zero attached hydrogens (tertiary/aromatic N) is 1. The Hall–Kier alpha value is -1.26. The molecule has 1 atom stereocenters. The second-order valence-electron chi connectivity index (χ2n) is 4.98. The molecule has 19 heavy (non-hydrogen) atoms. The Labute approximate surface area is 117 Å². The van der Waals surface area contributed by atoms with Crippen LogP contribution in [0.5, 0.6) is 0 Å². The molecule has 0 saturated carbocycles. The van der Waals surface area contributed by atoms with E-state index in [-0.39, 0.29) is 5.91 Å². The van der Waals surface area contributed by atoms with Crippen molar-refractivity contribution in [2.45, 2.75) is 24.3 Å². The van der Waals surface area contributed by atoms with Crippen LogP contribution in [0.2, 0.25) is 0 Å². The number of benzene rings is 1. The number of rotatable bonds is 2. The van der Waals surface area contributed by atoms with Crippen LogP contribution >= 0.6 is 11.8 Å². The summed E-state index contributed by atoms with van der Waals surface area (Å²) in [5.41, 5.74) is 2.41. The van der Waals surface area contributed by atoms with Crippen molar-refractivity contribution in [3.05, 3.63) is 29.8 Å². The van der Waals surface area contributed by atoms with E-state index in [4.69, 9.17) is 0 Å². The highest BCUT2D eigenvalue weighted by molar-refractivity contribution is 7.99. The van der Waals surface area contributed by atoms with E-state index in [1.165, 1.54) is 17.4 Å². The summed E-state index contributed by atoms with van der Waals surface area (Å²) < 4.78 is 1.89. The minimum atomic E-state index is 0.107. The first-order chi connectivity index (χ1) is 9.24. The van der Waals surface area contributed by atoms with Crippen molar-refractivity contribution in [1.82, 2.24) is 9.88 Å². The molecule has 3 rings (SSSR count). The van der Waals surface area contributed by atoms with Crippen LogP contribution in [0.25, 0.3) is 10.9 Å². The molecule has 1 N–H and O–H groups in total. The van der Waals surface area contributed by atoms with Gasteiger partial charge in [-0.25, -0.2) is 0 Å². The standard InChI is InChI=1S/C15H18N2OS/c1-10(18)17-13-6-4-3-5-12(13)14-11(9-16-2)7-8-19-15(14)17/h3-6,11,16H,7-9H2,1-2H3. The van der Waals surface area contributed by atoms with Crippen molar-refractivity contribution in [3.8, 4) is 0 Å². The summed E-state index contributed by atoms with van der Waals surface area (Å²) in [6.45, 7) is 2.62. The Balaban J connectivity index is 2.30. The molecular formula is C15H18N2OS. The molecular weight excluding hydrogens is 256 g/mol. The van der Waals surface area contributed by atoms with Gasteiger partial charge in [0.05, 0.1) is 10.5 Å². The van der Waals surface area contributed by atoms with Crippen LogP contribution in [0.3, 0.4) is 0 Å². The number of thioether (sulfide) groups is 1. The normalized spacial score (nSPS) is 18.5. The quantitative estimate of drug-likeness (QED) is 0.913. The van der Waals surface area contributed by atoms with Crippen LogP contribution in [0.4, 0.5) is 0 Å². The first kappa shape index (κ1) is 12.8. The fraction of sp³-hybridized carbons (Fsp3) is 0.400. The number of hydrogen-bond donors (Lipinski definition) is 1. The summed E-state index contributed by atoms with van der Waals surface area (Å²) >= 11 is 1.81. The molecule has 0 bridgehead atoms. The molecule has 1 aliphatic rings. The van der Waals surface area contributed by atoms with Crippen molar-refractivity contribution in [3.63, 3.8) is 0 Å². The fourth-order valence-corrected chi connectivity index (χ4v) is 4.37. The van der Waals surface area contributed by atoms with Crippen LogP contribution in [0.1, 0.15) is 29.6 Å². The van der Waals surface area contributed by atoms with E-state index in [0.717, 1.165) is 22.8 Å². The van der Waals surface area contributed by atoms with Gasteiger partial charge in [-0.1, -0.05) is 18.2 Å². The first-order valence-corrected chi connectivity index (χ1v) is 7.64. The summed E-state index contributed by atoms with van der Waals surface area (Å²) in [4.78, 5) is 12.0. The third kappa shape index (κ3) is 1.99. The molecule has 1 unspecified atom stereocenters. The molecule has 0 spiro atoms. The number of likely N-dealkylation sites (N-methyl/N-ethyl adjacent to an activating group) is 1. The Morgan fingerprint density at radius 1 is 1.47 bits per heavy atom. The number of fused-ring (bicyclic) bond motifs is 3. The Morgan fingerprint density at radius 2 is 2.26 bits per heavy atom. The smallest absolute Gasteiger partial charge is 0.228 e. The van der Waals surface area contributed by atoms with Crippen molar-refractivity contribution in [2.24, 2.45) is 0 Å². The molecule has 0 saturated heterocycles.